The number of aryl methyl sites for hydroxylation is 1. The fraction of sp³-hybridized carbons (Fsp3) is 0.400. The van der Waals surface area contributed by atoms with E-state index >= 15 is 0 Å². The highest BCUT2D eigenvalue weighted by Gasteiger charge is 2.24. The highest BCUT2D eigenvalue weighted by atomic mass is 15.2. The lowest BCUT2D eigenvalue weighted by Gasteiger charge is -2.39. The zero-order valence-electron chi connectivity index (χ0n) is 19.4. The molecule has 0 atom stereocenters. The molecule has 0 radical (unpaired) electrons. The number of hydrogen-bond acceptors (Lipinski definition) is 2. The Morgan fingerprint density at radius 3 is 1.66 bits per heavy atom. The van der Waals surface area contributed by atoms with E-state index in [0.29, 0.717) is 0 Å². The Balaban J connectivity index is 1.27. The van der Waals surface area contributed by atoms with Crippen molar-refractivity contribution >= 4 is 0 Å². The van der Waals surface area contributed by atoms with Gasteiger partial charge < -0.3 is 4.90 Å². The zero-order valence-corrected chi connectivity index (χ0v) is 19.4. The first-order valence-electron chi connectivity index (χ1n) is 12.4. The second-order valence-corrected chi connectivity index (χ2v) is 9.17. The molecule has 4 rings (SSSR count). The molecule has 2 heteroatoms. The second-order valence-electron chi connectivity index (χ2n) is 9.17. The van der Waals surface area contributed by atoms with Crippen molar-refractivity contribution in [3.63, 3.8) is 0 Å². The molecule has 0 aromatic heterocycles. The van der Waals surface area contributed by atoms with Crippen LogP contribution in [0.1, 0.15) is 36.0 Å². The van der Waals surface area contributed by atoms with E-state index in [1.807, 2.05) is 0 Å². The Morgan fingerprint density at radius 1 is 0.594 bits per heavy atom. The number of likely N-dealkylation sites (tertiary alicyclic amines) is 1. The maximum Gasteiger partial charge on any atom is 0.0120 e. The molecule has 1 aliphatic rings. The zero-order chi connectivity index (χ0) is 21.8. The molecule has 1 aliphatic heterocycles. The van der Waals surface area contributed by atoms with Crippen LogP contribution in [-0.4, -0.2) is 48.6 Å². The van der Waals surface area contributed by atoms with E-state index in [2.05, 4.69) is 101 Å². The largest absolute Gasteiger partial charge is 0.303 e. The van der Waals surface area contributed by atoms with Gasteiger partial charge in [0.1, 0.15) is 0 Å². The van der Waals surface area contributed by atoms with E-state index in [9.17, 15) is 0 Å². The molecule has 1 heterocycles. The number of hydrogen-bond donors (Lipinski definition) is 0. The van der Waals surface area contributed by atoms with Crippen molar-refractivity contribution in [2.75, 3.05) is 32.7 Å². The van der Waals surface area contributed by atoms with E-state index in [-0.39, 0.29) is 0 Å². The molecule has 2 nitrogen and oxygen atoms in total. The third-order valence-corrected chi connectivity index (χ3v) is 6.92. The third kappa shape index (κ3) is 7.32. The molecule has 1 fully saturated rings. The van der Waals surface area contributed by atoms with Crippen LogP contribution < -0.4 is 0 Å². The Morgan fingerprint density at radius 2 is 1.09 bits per heavy atom. The predicted molar refractivity (Wildman–Crippen MR) is 136 cm³/mol. The summed E-state index contributed by atoms with van der Waals surface area (Å²) in [5.41, 5.74) is 4.38. The summed E-state index contributed by atoms with van der Waals surface area (Å²) in [7, 11) is 0. The standard InChI is InChI=1S/C30H38N2/c1-4-11-27(12-5-1)17-10-22-32(26-19-29-15-8-3-9-16-29)30-20-24-31(25-21-30)23-18-28-13-6-2-7-14-28/h1-9,11-16,30H,10,17-26H2. The maximum atomic E-state index is 2.80. The highest BCUT2D eigenvalue weighted by molar-refractivity contribution is 5.16. The molecule has 0 spiro atoms. The van der Waals surface area contributed by atoms with Gasteiger partial charge in [-0.2, -0.15) is 0 Å². The quantitative estimate of drug-likeness (QED) is 0.378. The molecular formula is C30H38N2. The third-order valence-electron chi connectivity index (χ3n) is 6.92. The van der Waals surface area contributed by atoms with Gasteiger partial charge in [-0.05, 0) is 74.8 Å². The monoisotopic (exact) mass is 426 g/mol. The summed E-state index contributed by atoms with van der Waals surface area (Å²) in [4.78, 5) is 5.47. The van der Waals surface area contributed by atoms with Crippen LogP contribution in [0.25, 0.3) is 0 Å². The molecule has 0 unspecified atom stereocenters. The minimum absolute atomic E-state index is 0.725. The Bertz CT molecular complexity index is 870. The molecule has 32 heavy (non-hydrogen) atoms. The van der Waals surface area contributed by atoms with Gasteiger partial charge in [0.25, 0.3) is 0 Å². The van der Waals surface area contributed by atoms with Crippen molar-refractivity contribution in [3.05, 3.63) is 108 Å². The van der Waals surface area contributed by atoms with Crippen LogP contribution in [0.3, 0.4) is 0 Å². The molecule has 3 aromatic rings. The molecule has 0 bridgehead atoms. The summed E-state index contributed by atoms with van der Waals surface area (Å²) in [6, 6.07) is 33.6. The lowest BCUT2D eigenvalue weighted by atomic mass is 10.0. The van der Waals surface area contributed by atoms with Gasteiger partial charge >= 0.3 is 0 Å². The van der Waals surface area contributed by atoms with Crippen LogP contribution in [0.2, 0.25) is 0 Å². The second kappa shape index (κ2) is 12.6. The van der Waals surface area contributed by atoms with Crippen molar-refractivity contribution in [1.29, 1.82) is 0 Å². The molecule has 0 aliphatic carbocycles. The van der Waals surface area contributed by atoms with Crippen LogP contribution in [0.15, 0.2) is 91.0 Å². The maximum absolute atomic E-state index is 2.80. The van der Waals surface area contributed by atoms with Crippen molar-refractivity contribution < 1.29 is 0 Å². The van der Waals surface area contributed by atoms with Gasteiger partial charge in [0.05, 0.1) is 0 Å². The minimum atomic E-state index is 0.725. The fourth-order valence-corrected chi connectivity index (χ4v) is 4.97. The molecule has 1 saturated heterocycles. The summed E-state index contributed by atoms with van der Waals surface area (Å²) in [5, 5.41) is 0. The average Bonchev–Trinajstić information content (AvgIpc) is 2.87. The highest BCUT2D eigenvalue weighted by Crippen LogP contribution is 2.19. The van der Waals surface area contributed by atoms with Crippen LogP contribution in [0.5, 0.6) is 0 Å². The van der Waals surface area contributed by atoms with Crippen LogP contribution in [0.4, 0.5) is 0 Å². The van der Waals surface area contributed by atoms with Crippen LogP contribution in [0, 0.1) is 0 Å². The van der Waals surface area contributed by atoms with Crippen LogP contribution in [-0.2, 0) is 19.3 Å². The summed E-state index contributed by atoms with van der Waals surface area (Å²) in [5.74, 6) is 0. The smallest absolute Gasteiger partial charge is 0.0120 e. The minimum Gasteiger partial charge on any atom is -0.303 e. The van der Waals surface area contributed by atoms with Gasteiger partial charge in [-0.3, -0.25) is 4.90 Å². The fourth-order valence-electron chi connectivity index (χ4n) is 4.97. The number of rotatable bonds is 11. The lowest BCUT2D eigenvalue weighted by molar-refractivity contribution is 0.108. The molecular weight excluding hydrogens is 388 g/mol. The summed E-state index contributed by atoms with van der Waals surface area (Å²) in [6.07, 6.45) is 7.34. The molecule has 168 valence electrons. The van der Waals surface area contributed by atoms with Gasteiger partial charge in [0, 0.05) is 19.1 Å². The van der Waals surface area contributed by atoms with Gasteiger partial charge in [-0.1, -0.05) is 91.0 Å². The first-order valence-corrected chi connectivity index (χ1v) is 12.4. The Hall–Kier alpha value is -2.42. The van der Waals surface area contributed by atoms with Gasteiger partial charge in [0.2, 0.25) is 0 Å². The molecule has 0 N–H and O–H groups in total. The van der Waals surface area contributed by atoms with E-state index in [0.717, 1.165) is 12.5 Å². The SMILES string of the molecule is c1ccc(CCCN(CCc2ccccc2)C2CCN(CCc3ccccc3)CC2)cc1. The van der Waals surface area contributed by atoms with Crippen molar-refractivity contribution in [2.45, 2.75) is 44.6 Å². The van der Waals surface area contributed by atoms with Crippen molar-refractivity contribution in [3.8, 4) is 0 Å². The van der Waals surface area contributed by atoms with Crippen molar-refractivity contribution in [2.24, 2.45) is 0 Å². The van der Waals surface area contributed by atoms with Gasteiger partial charge in [-0.25, -0.2) is 0 Å². The number of nitrogens with zero attached hydrogens (tertiary/aromatic N) is 2. The topological polar surface area (TPSA) is 6.48 Å². The normalized spacial score (nSPS) is 15.3. The first-order chi connectivity index (χ1) is 15.9. The molecule has 3 aromatic carbocycles. The number of benzene rings is 3. The van der Waals surface area contributed by atoms with E-state index in [1.54, 1.807) is 0 Å². The predicted octanol–water partition coefficient (Wildman–Crippen LogP) is 5.87. The summed E-state index contributed by atoms with van der Waals surface area (Å²) < 4.78 is 0. The average molecular weight is 427 g/mol. The number of piperidine rings is 1. The Kier molecular flexibility index (Phi) is 8.94. The first kappa shape index (κ1) is 22.8. The van der Waals surface area contributed by atoms with Crippen molar-refractivity contribution in [1.82, 2.24) is 9.80 Å². The van der Waals surface area contributed by atoms with Crippen LogP contribution >= 0.6 is 0 Å². The van der Waals surface area contributed by atoms with E-state index in [4.69, 9.17) is 0 Å². The van der Waals surface area contributed by atoms with Gasteiger partial charge in [0.15, 0.2) is 0 Å². The van der Waals surface area contributed by atoms with Gasteiger partial charge in [-0.15, -0.1) is 0 Å². The summed E-state index contributed by atoms with van der Waals surface area (Å²) >= 11 is 0. The lowest BCUT2D eigenvalue weighted by Crippen LogP contribution is -2.46. The molecule has 0 saturated carbocycles. The van der Waals surface area contributed by atoms with E-state index < -0.39 is 0 Å². The summed E-state index contributed by atoms with van der Waals surface area (Å²) in [6.45, 7) is 6.04. The Labute approximate surface area is 194 Å². The molecule has 0 amide bonds. The van der Waals surface area contributed by atoms with E-state index in [1.165, 1.54) is 81.5 Å².